The SMILES string of the molecule is Clc1c(CSCC2CNC2)sc2ccccc12. The lowest BCUT2D eigenvalue weighted by Gasteiger charge is -2.26. The summed E-state index contributed by atoms with van der Waals surface area (Å²) >= 11 is 10.2. The fourth-order valence-electron chi connectivity index (χ4n) is 1.94. The van der Waals surface area contributed by atoms with Crippen LogP contribution in [0.1, 0.15) is 4.88 Å². The van der Waals surface area contributed by atoms with Gasteiger partial charge in [0.15, 0.2) is 0 Å². The molecule has 4 heteroatoms. The maximum Gasteiger partial charge on any atom is 0.0632 e. The van der Waals surface area contributed by atoms with Crippen molar-refractivity contribution in [3.05, 3.63) is 34.2 Å². The first-order valence-corrected chi connectivity index (χ1v) is 8.14. The fourth-order valence-corrected chi connectivity index (χ4v) is 4.82. The van der Waals surface area contributed by atoms with Gasteiger partial charge >= 0.3 is 0 Å². The second-order valence-corrected chi connectivity index (χ2v) is 6.92. The summed E-state index contributed by atoms with van der Waals surface area (Å²) in [5, 5.41) is 5.48. The molecule has 1 aliphatic heterocycles. The Morgan fingerprint density at radius 3 is 2.88 bits per heavy atom. The molecule has 2 aromatic rings. The van der Waals surface area contributed by atoms with Gasteiger partial charge in [0.2, 0.25) is 0 Å². The predicted molar refractivity (Wildman–Crippen MR) is 79.4 cm³/mol. The van der Waals surface area contributed by atoms with E-state index in [4.69, 9.17) is 11.6 Å². The Morgan fingerprint density at radius 1 is 1.35 bits per heavy atom. The summed E-state index contributed by atoms with van der Waals surface area (Å²) in [5.41, 5.74) is 0. The minimum atomic E-state index is 0.869. The van der Waals surface area contributed by atoms with E-state index >= 15 is 0 Å². The van der Waals surface area contributed by atoms with Gasteiger partial charge in [0, 0.05) is 20.7 Å². The predicted octanol–water partition coefficient (Wildman–Crippen LogP) is 4.01. The van der Waals surface area contributed by atoms with Crippen LogP contribution in [0.15, 0.2) is 24.3 Å². The zero-order valence-electron chi connectivity index (χ0n) is 9.41. The minimum absolute atomic E-state index is 0.869. The molecular weight excluding hydrogens is 270 g/mol. The highest BCUT2D eigenvalue weighted by atomic mass is 35.5. The van der Waals surface area contributed by atoms with E-state index < -0.39 is 0 Å². The lowest BCUT2D eigenvalue weighted by molar-refractivity contribution is 0.385. The van der Waals surface area contributed by atoms with Crippen molar-refractivity contribution in [1.29, 1.82) is 0 Å². The van der Waals surface area contributed by atoms with E-state index in [2.05, 4.69) is 29.6 Å². The molecule has 0 amide bonds. The number of hydrogen-bond donors (Lipinski definition) is 1. The molecule has 0 saturated carbocycles. The number of hydrogen-bond acceptors (Lipinski definition) is 3. The maximum absolute atomic E-state index is 6.41. The molecule has 1 N–H and O–H groups in total. The molecular formula is C13H14ClNS2. The molecule has 2 heterocycles. The van der Waals surface area contributed by atoms with Crippen molar-refractivity contribution in [1.82, 2.24) is 5.32 Å². The van der Waals surface area contributed by atoms with E-state index in [-0.39, 0.29) is 0 Å². The van der Waals surface area contributed by atoms with Crippen molar-refractivity contribution in [2.24, 2.45) is 5.92 Å². The monoisotopic (exact) mass is 283 g/mol. The summed E-state index contributed by atoms with van der Waals surface area (Å²) in [6.07, 6.45) is 0. The Kier molecular flexibility index (Phi) is 3.61. The molecule has 1 aromatic carbocycles. The Hall–Kier alpha value is -0.220. The van der Waals surface area contributed by atoms with Gasteiger partial charge in [-0.3, -0.25) is 0 Å². The van der Waals surface area contributed by atoms with Crippen molar-refractivity contribution < 1.29 is 0 Å². The highest BCUT2D eigenvalue weighted by molar-refractivity contribution is 7.98. The molecule has 17 heavy (non-hydrogen) atoms. The summed E-state index contributed by atoms with van der Waals surface area (Å²) in [6, 6.07) is 8.39. The number of benzene rings is 1. The maximum atomic E-state index is 6.41. The van der Waals surface area contributed by atoms with Crippen LogP contribution in [0.4, 0.5) is 0 Å². The third-order valence-electron chi connectivity index (χ3n) is 3.05. The zero-order valence-corrected chi connectivity index (χ0v) is 11.8. The first-order chi connectivity index (χ1) is 8.34. The van der Waals surface area contributed by atoms with Crippen molar-refractivity contribution in [3.63, 3.8) is 0 Å². The van der Waals surface area contributed by atoms with Crippen LogP contribution >= 0.6 is 34.7 Å². The molecule has 3 rings (SSSR count). The van der Waals surface area contributed by atoms with Gasteiger partial charge in [0.05, 0.1) is 5.02 Å². The van der Waals surface area contributed by atoms with Crippen LogP contribution in [0.5, 0.6) is 0 Å². The molecule has 1 aromatic heterocycles. The third kappa shape index (κ3) is 2.48. The number of thioether (sulfide) groups is 1. The van der Waals surface area contributed by atoms with Gasteiger partial charge in [-0.05, 0) is 30.8 Å². The van der Waals surface area contributed by atoms with Crippen LogP contribution in [-0.4, -0.2) is 18.8 Å². The third-order valence-corrected chi connectivity index (χ3v) is 6.15. The molecule has 1 aliphatic rings. The molecule has 0 spiro atoms. The quantitative estimate of drug-likeness (QED) is 0.910. The summed E-state index contributed by atoms with van der Waals surface area (Å²) < 4.78 is 1.30. The molecule has 0 bridgehead atoms. The Bertz CT molecular complexity index is 519. The average Bonchev–Trinajstić information content (AvgIpc) is 2.60. The lowest BCUT2D eigenvalue weighted by Crippen LogP contribution is -2.43. The normalized spacial score (nSPS) is 16.3. The van der Waals surface area contributed by atoms with Crippen LogP contribution < -0.4 is 5.32 Å². The summed E-state index contributed by atoms with van der Waals surface area (Å²) in [4.78, 5) is 1.32. The van der Waals surface area contributed by atoms with Crippen LogP contribution in [-0.2, 0) is 5.75 Å². The number of rotatable bonds is 4. The highest BCUT2D eigenvalue weighted by Crippen LogP contribution is 2.37. The second-order valence-electron chi connectivity index (χ2n) is 4.37. The molecule has 1 fully saturated rings. The van der Waals surface area contributed by atoms with Crippen molar-refractivity contribution >= 4 is 44.8 Å². The van der Waals surface area contributed by atoms with E-state index in [1.165, 1.54) is 33.8 Å². The van der Waals surface area contributed by atoms with E-state index in [0.717, 1.165) is 16.7 Å². The molecule has 0 aliphatic carbocycles. The average molecular weight is 284 g/mol. The van der Waals surface area contributed by atoms with E-state index in [9.17, 15) is 0 Å². The molecule has 90 valence electrons. The summed E-state index contributed by atoms with van der Waals surface area (Å²) in [7, 11) is 0. The van der Waals surface area contributed by atoms with E-state index in [1.807, 2.05) is 23.1 Å². The lowest BCUT2D eigenvalue weighted by atomic mass is 10.1. The first-order valence-electron chi connectivity index (χ1n) is 5.79. The molecule has 1 saturated heterocycles. The summed E-state index contributed by atoms with van der Waals surface area (Å²) in [6.45, 7) is 2.38. The van der Waals surface area contributed by atoms with Gasteiger partial charge in [-0.2, -0.15) is 11.8 Å². The van der Waals surface area contributed by atoms with Crippen molar-refractivity contribution in [2.45, 2.75) is 5.75 Å². The number of fused-ring (bicyclic) bond motifs is 1. The minimum Gasteiger partial charge on any atom is -0.316 e. The molecule has 0 unspecified atom stereocenters. The van der Waals surface area contributed by atoms with Crippen molar-refractivity contribution in [3.8, 4) is 0 Å². The topological polar surface area (TPSA) is 12.0 Å². The standard InChI is InChI=1S/C13H14ClNS2/c14-13-10-3-1-2-4-11(10)17-12(13)8-16-7-9-5-15-6-9/h1-4,9,15H,5-8H2. The number of nitrogens with one attached hydrogen (secondary N) is 1. The Labute approximate surface area is 115 Å². The van der Waals surface area contributed by atoms with Crippen LogP contribution in [0.3, 0.4) is 0 Å². The van der Waals surface area contributed by atoms with Crippen LogP contribution in [0, 0.1) is 5.92 Å². The summed E-state index contributed by atoms with van der Waals surface area (Å²) in [5.74, 6) is 3.17. The van der Waals surface area contributed by atoms with Gasteiger partial charge in [0.1, 0.15) is 0 Å². The van der Waals surface area contributed by atoms with Gasteiger partial charge in [-0.15, -0.1) is 11.3 Å². The molecule has 0 atom stereocenters. The number of thiophene rings is 1. The first kappa shape index (κ1) is 11.8. The van der Waals surface area contributed by atoms with Gasteiger partial charge in [0.25, 0.3) is 0 Å². The fraction of sp³-hybridized carbons (Fsp3) is 0.385. The molecule has 1 nitrogen and oxygen atoms in total. The van der Waals surface area contributed by atoms with Crippen LogP contribution in [0.25, 0.3) is 10.1 Å². The smallest absolute Gasteiger partial charge is 0.0632 e. The van der Waals surface area contributed by atoms with Crippen LogP contribution in [0.2, 0.25) is 5.02 Å². The Balaban J connectivity index is 1.69. The second kappa shape index (κ2) is 5.19. The van der Waals surface area contributed by atoms with Gasteiger partial charge in [-0.25, -0.2) is 0 Å². The van der Waals surface area contributed by atoms with E-state index in [1.54, 1.807) is 0 Å². The zero-order chi connectivity index (χ0) is 11.7. The van der Waals surface area contributed by atoms with E-state index in [0.29, 0.717) is 0 Å². The largest absolute Gasteiger partial charge is 0.316 e. The van der Waals surface area contributed by atoms with Crippen molar-refractivity contribution in [2.75, 3.05) is 18.8 Å². The van der Waals surface area contributed by atoms with Gasteiger partial charge in [-0.1, -0.05) is 29.8 Å². The van der Waals surface area contributed by atoms with Gasteiger partial charge < -0.3 is 5.32 Å². The number of halogens is 1. The molecule has 0 radical (unpaired) electrons. The highest BCUT2D eigenvalue weighted by Gasteiger charge is 2.17. The Morgan fingerprint density at radius 2 is 2.18 bits per heavy atom.